The molecule has 0 saturated carbocycles. The van der Waals surface area contributed by atoms with Gasteiger partial charge in [-0.1, -0.05) is 72.8 Å². The van der Waals surface area contributed by atoms with Gasteiger partial charge in [0.2, 0.25) is 0 Å². The van der Waals surface area contributed by atoms with Crippen LogP contribution in [-0.2, 0) is 6.42 Å². The van der Waals surface area contributed by atoms with Crippen LogP contribution in [-0.4, -0.2) is 25.0 Å². The number of hydrogen-bond donors (Lipinski definition) is 1. The first-order chi connectivity index (χ1) is 17.2. The largest absolute Gasteiger partial charge is 0.492 e. The molecule has 0 spiro atoms. The molecule has 0 aromatic heterocycles. The zero-order valence-corrected chi connectivity index (χ0v) is 19.7. The highest BCUT2D eigenvalue weighted by molar-refractivity contribution is 6.14. The van der Waals surface area contributed by atoms with Gasteiger partial charge in [0.1, 0.15) is 5.75 Å². The average Bonchev–Trinajstić information content (AvgIpc) is 2.91. The van der Waals surface area contributed by atoms with Crippen LogP contribution < -0.4 is 15.0 Å². The third kappa shape index (κ3) is 5.95. The fraction of sp³-hybridized carbons (Fsp3) is 0.133. The summed E-state index contributed by atoms with van der Waals surface area (Å²) in [5.74, 6) is -0.00507. The molecule has 4 rings (SSSR count). The minimum atomic E-state index is -0.330. The van der Waals surface area contributed by atoms with Crippen molar-refractivity contribution in [1.82, 2.24) is 0 Å². The molecule has 0 radical (unpaired) electrons. The number of para-hydroxylation sites is 3. The van der Waals surface area contributed by atoms with Crippen LogP contribution in [0.3, 0.4) is 0 Å². The van der Waals surface area contributed by atoms with Gasteiger partial charge in [0.25, 0.3) is 11.8 Å². The van der Waals surface area contributed by atoms with Crippen molar-refractivity contribution in [3.05, 3.63) is 126 Å². The van der Waals surface area contributed by atoms with Crippen molar-refractivity contribution in [1.29, 1.82) is 0 Å². The lowest BCUT2D eigenvalue weighted by atomic mass is 10.1. The summed E-state index contributed by atoms with van der Waals surface area (Å²) in [5, 5.41) is 2.92. The van der Waals surface area contributed by atoms with E-state index in [1.54, 1.807) is 47.4 Å². The summed E-state index contributed by atoms with van der Waals surface area (Å²) in [6.45, 7) is 2.88. The van der Waals surface area contributed by atoms with Crippen molar-refractivity contribution in [2.75, 3.05) is 23.4 Å². The predicted octanol–water partition coefficient (Wildman–Crippen LogP) is 6.23. The zero-order valence-electron chi connectivity index (χ0n) is 19.7. The number of anilines is 2. The molecule has 2 amide bonds. The van der Waals surface area contributed by atoms with Gasteiger partial charge in [-0.2, -0.15) is 0 Å². The van der Waals surface area contributed by atoms with Crippen molar-refractivity contribution in [3.63, 3.8) is 0 Å². The molecule has 1 N–H and O–H groups in total. The minimum absolute atomic E-state index is 0.179. The lowest BCUT2D eigenvalue weighted by Crippen LogP contribution is -2.31. The number of ether oxygens (including phenoxy) is 1. The van der Waals surface area contributed by atoms with Crippen LogP contribution in [0.25, 0.3) is 0 Å². The molecule has 0 aliphatic heterocycles. The van der Waals surface area contributed by atoms with Gasteiger partial charge in [-0.15, -0.1) is 0 Å². The summed E-state index contributed by atoms with van der Waals surface area (Å²) in [5.41, 5.74) is 3.27. The summed E-state index contributed by atoms with van der Waals surface area (Å²) in [4.78, 5) is 28.3. The number of carbonyl (C=O) groups excluding carboxylic acids is 2. The number of nitrogens with zero attached hydrogens (tertiary/aromatic N) is 1. The molecule has 0 atom stereocenters. The van der Waals surface area contributed by atoms with Gasteiger partial charge < -0.3 is 15.0 Å². The summed E-state index contributed by atoms with van der Waals surface area (Å²) < 4.78 is 5.96. The van der Waals surface area contributed by atoms with E-state index in [2.05, 4.69) is 5.32 Å². The van der Waals surface area contributed by atoms with Gasteiger partial charge in [0, 0.05) is 18.7 Å². The highest BCUT2D eigenvalue weighted by Crippen LogP contribution is 2.24. The van der Waals surface area contributed by atoms with Gasteiger partial charge in [0.15, 0.2) is 0 Å². The van der Waals surface area contributed by atoms with E-state index in [9.17, 15) is 9.59 Å². The molecule has 0 bridgehead atoms. The van der Waals surface area contributed by atoms with Crippen molar-refractivity contribution in [2.24, 2.45) is 0 Å². The first kappa shape index (κ1) is 23.8. The molecule has 5 heteroatoms. The third-order valence-corrected chi connectivity index (χ3v) is 5.66. The molecule has 35 heavy (non-hydrogen) atoms. The fourth-order valence-corrected chi connectivity index (χ4v) is 3.87. The third-order valence-electron chi connectivity index (χ3n) is 5.66. The van der Waals surface area contributed by atoms with E-state index >= 15 is 0 Å². The Hall–Kier alpha value is -4.38. The molecule has 4 aromatic carbocycles. The standard InChI is InChI=1S/C30H28N2O3/c1-2-32(24-15-7-4-8-16-24)30(34)25-17-9-11-19-27(25)31-29(33)26-18-10-12-20-28(26)35-22-21-23-13-5-3-6-14-23/h3-20H,2,21-22H2,1H3,(H,31,33). The van der Waals surface area contributed by atoms with Crippen LogP contribution in [0, 0.1) is 0 Å². The Morgan fingerprint density at radius 3 is 2.06 bits per heavy atom. The fourth-order valence-electron chi connectivity index (χ4n) is 3.87. The van der Waals surface area contributed by atoms with Crippen LogP contribution in [0.2, 0.25) is 0 Å². The number of hydrogen-bond acceptors (Lipinski definition) is 3. The number of rotatable bonds is 9. The molecule has 0 aliphatic rings. The Morgan fingerprint density at radius 1 is 0.743 bits per heavy atom. The number of benzene rings is 4. The maximum atomic E-state index is 13.4. The van der Waals surface area contributed by atoms with E-state index in [4.69, 9.17) is 4.74 Å². The van der Waals surface area contributed by atoms with Crippen molar-refractivity contribution >= 4 is 23.2 Å². The van der Waals surface area contributed by atoms with E-state index in [1.807, 2.05) is 73.7 Å². The lowest BCUT2D eigenvalue weighted by Gasteiger charge is -2.22. The number of carbonyl (C=O) groups is 2. The summed E-state index contributed by atoms with van der Waals surface area (Å²) in [6, 6.07) is 33.8. The Labute approximate surface area is 206 Å². The van der Waals surface area contributed by atoms with Crippen LogP contribution in [0.4, 0.5) is 11.4 Å². The Balaban J connectivity index is 1.51. The van der Waals surface area contributed by atoms with Crippen molar-refractivity contribution in [2.45, 2.75) is 13.3 Å². The second-order valence-corrected chi connectivity index (χ2v) is 7.96. The Kier molecular flexibility index (Phi) is 7.92. The molecule has 0 heterocycles. The molecule has 4 aromatic rings. The molecule has 5 nitrogen and oxygen atoms in total. The van der Waals surface area contributed by atoms with E-state index in [0.717, 1.165) is 12.1 Å². The van der Waals surface area contributed by atoms with Crippen molar-refractivity contribution < 1.29 is 14.3 Å². The summed E-state index contributed by atoms with van der Waals surface area (Å²) >= 11 is 0. The van der Waals surface area contributed by atoms with E-state index < -0.39 is 0 Å². The van der Waals surface area contributed by atoms with Gasteiger partial charge in [-0.05, 0) is 48.9 Å². The summed E-state index contributed by atoms with van der Waals surface area (Å²) in [6.07, 6.45) is 0.737. The molecule has 0 aliphatic carbocycles. The molecular formula is C30H28N2O3. The molecule has 0 saturated heterocycles. The SMILES string of the molecule is CCN(C(=O)c1ccccc1NC(=O)c1ccccc1OCCc1ccccc1)c1ccccc1. The van der Waals surface area contributed by atoms with Crippen molar-refractivity contribution in [3.8, 4) is 5.75 Å². The topological polar surface area (TPSA) is 58.6 Å². The maximum absolute atomic E-state index is 13.4. The molecular weight excluding hydrogens is 436 g/mol. The molecule has 176 valence electrons. The quantitative estimate of drug-likeness (QED) is 0.320. The highest BCUT2D eigenvalue weighted by Gasteiger charge is 2.21. The monoisotopic (exact) mass is 464 g/mol. The highest BCUT2D eigenvalue weighted by atomic mass is 16.5. The van der Waals surface area contributed by atoms with Gasteiger partial charge in [-0.3, -0.25) is 9.59 Å². The smallest absolute Gasteiger partial charge is 0.260 e. The van der Waals surface area contributed by atoms with Gasteiger partial charge in [-0.25, -0.2) is 0 Å². The Morgan fingerprint density at radius 2 is 1.34 bits per heavy atom. The first-order valence-electron chi connectivity index (χ1n) is 11.7. The summed E-state index contributed by atoms with van der Waals surface area (Å²) in [7, 11) is 0. The maximum Gasteiger partial charge on any atom is 0.260 e. The second kappa shape index (κ2) is 11.7. The molecule has 0 unspecified atom stereocenters. The average molecular weight is 465 g/mol. The molecule has 0 fully saturated rings. The van der Waals surface area contributed by atoms with Gasteiger partial charge in [0.05, 0.1) is 23.4 Å². The first-order valence-corrected chi connectivity index (χ1v) is 11.7. The zero-order chi connectivity index (χ0) is 24.5. The normalized spacial score (nSPS) is 10.4. The van der Waals surface area contributed by atoms with Crippen LogP contribution in [0.5, 0.6) is 5.75 Å². The Bertz CT molecular complexity index is 1270. The van der Waals surface area contributed by atoms with Crippen LogP contribution in [0.15, 0.2) is 109 Å². The van der Waals surface area contributed by atoms with E-state index in [0.29, 0.717) is 35.7 Å². The second-order valence-electron chi connectivity index (χ2n) is 7.96. The van der Waals surface area contributed by atoms with E-state index in [1.165, 1.54) is 5.56 Å². The van der Waals surface area contributed by atoms with E-state index in [-0.39, 0.29) is 11.8 Å². The number of amides is 2. The number of nitrogens with one attached hydrogen (secondary N) is 1. The van der Waals surface area contributed by atoms with Gasteiger partial charge >= 0.3 is 0 Å². The lowest BCUT2D eigenvalue weighted by molar-refractivity contribution is 0.0989. The van der Waals surface area contributed by atoms with Crippen LogP contribution >= 0.6 is 0 Å². The van der Waals surface area contributed by atoms with Crippen LogP contribution in [0.1, 0.15) is 33.2 Å². The predicted molar refractivity (Wildman–Crippen MR) is 140 cm³/mol. The minimum Gasteiger partial charge on any atom is -0.492 e.